The second-order valence-electron chi connectivity index (χ2n) is 4.19. The fraction of sp³-hybridized carbons (Fsp3) is 1.00. The SMILES string of the molecule is CCC(CNC)CN1CCCCC1. The van der Waals surface area contributed by atoms with Gasteiger partial charge >= 0.3 is 0 Å². The Labute approximate surface area is 82.7 Å². The van der Waals surface area contributed by atoms with Crippen LogP contribution in [0.5, 0.6) is 0 Å². The molecule has 1 aliphatic rings. The van der Waals surface area contributed by atoms with Crippen molar-refractivity contribution in [2.45, 2.75) is 32.6 Å². The van der Waals surface area contributed by atoms with Gasteiger partial charge in [-0.2, -0.15) is 0 Å². The van der Waals surface area contributed by atoms with E-state index in [0.717, 1.165) is 5.92 Å². The minimum Gasteiger partial charge on any atom is -0.319 e. The zero-order valence-electron chi connectivity index (χ0n) is 9.18. The van der Waals surface area contributed by atoms with Gasteiger partial charge in [-0.1, -0.05) is 19.8 Å². The molecule has 0 saturated carbocycles. The lowest BCUT2D eigenvalue weighted by Crippen LogP contribution is -2.36. The lowest BCUT2D eigenvalue weighted by atomic mass is 10.0. The Hall–Kier alpha value is -0.0800. The van der Waals surface area contributed by atoms with Crippen LogP contribution in [0.1, 0.15) is 32.6 Å². The summed E-state index contributed by atoms with van der Waals surface area (Å²) >= 11 is 0. The van der Waals surface area contributed by atoms with Crippen LogP contribution in [-0.4, -0.2) is 38.1 Å². The van der Waals surface area contributed by atoms with Gasteiger partial charge in [0.2, 0.25) is 0 Å². The average Bonchev–Trinajstić information content (AvgIpc) is 2.19. The summed E-state index contributed by atoms with van der Waals surface area (Å²) in [7, 11) is 2.05. The quantitative estimate of drug-likeness (QED) is 0.700. The first-order chi connectivity index (χ1) is 6.36. The maximum atomic E-state index is 3.28. The highest BCUT2D eigenvalue weighted by molar-refractivity contribution is 4.69. The van der Waals surface area contributed by atoms with E-state index in [4.69, 9.17) is 0 Å². The topological polar surface area (TPSA) is 15.3 Å². The van der Waals surface area contributed by atoms with Gasteiger partial charge in [-0.15, -0.1) is 0 Å². The largest absolute Gasteiger partial charge is 0.319 e. The number of nitrogens with zero attached hydrogens (tertiary/aromatic N) is 1. The molecule has 2 heteroatoms. The normalized spacial score (nSPS) is 21.7. The van der Waals surface area contributed by atoms with Gasteiger partial charge in [-0.05, 0) is 45.4 Å². The molecule has 1 atom stereocenters. The first-order valence-corrected chi connectivity index (χ1v) is 5.73. The second-order valence-corrected chi connectivity index (χ2v) is 4.19. The Balaban J connectivity index is 2.18. The van der Waals surface area contributed by atoms with Crippen molar-refractivity contribution >= 4 is 0 Å². The third-order valence-electron chi connectivity index (χ3n) is 3.04. The van der Waals surface area contributed by atoms with Crippen LogP contribution in [0.2, 0.25) is 0 Å². The van der Waals surface area contributed by atoms with Crippen LogP contribution in [-0.2, 0) is 0 Å². The Morgan fingerprint density at radius 3 is 2.46 bits per heavy atom. The molecule has 1 fully saturated rings. The van der Waals surface area contributed by atoms with Crippen molar-refractivity contribution < 1.29 is 0 Å². The zero-order chi connectivity index (χ0) is 9.52. The Morgan fingerprint density at radius 2 is 1.92 bits per heavy atom. The first-order valence-electron chi connectivity index (χ1n) is 5.73. The molecule has 1 rings (SSSR count). The molecule has 1 aliphatic heterocycles. The standard InChI is InChI=1S/C11H24N2/c1-3-11(9-12-2)10-13-7-5-4-6-8-13/h11-12H,3-10H2,1-2H3. The summed E-state index contributed by atoms with van der Waals surface area (Å²) < 4.78 is 0. The van der Waals surface area contributed by atoms with Crippen LogP contribution in [0.4, 0.5) is 0 Å². The molecule has 1 heterocycles. The van der Waals surface area contributed by atoms with E-state index in [1.54, 1.807) is 0 Å². The van der Waals surface area contributed by atoms with Crippen molar-refractivity contribution in [3.8, 4) is 0 Å². The fourth-order valence-corrected chi connectivity index (χ4v) is 2.13. The van der Waals surface area contributed by atoms with Gasteiger partial charge in [0, 0.05) is 6.54 Å². The molecule has 0 aromatic carbocycles. The molecule has 13 heavy (non-hydrogen) atoms. The van der Waals surface area contributed by atoms with Crippen LogP contribution >= 0.6 is 0 Å². The zero-order valence-corrected chi connectivity index (χ0v) is 9.18. The first kappa shape index (κ1) is 11.0. The van der Waals surface area contributed by atoms with E-state index in [9.17, 15) is 0 Å². The van der Waals surface area contributed by atoms with E-state index in [1.807, 2.05) is 0 Å². The monoisotopic (exact) mass is 184 g/mol. The molecule has 0 aromatic rings. The van der Waals surface area contributed by atoms with E-state index >= 15 is 0 Å². The maximum Gasteiger partial charge on any atom is 0.00217 e. The van der Waals surface area contributed by atoms with Gasteiger partial charge in [-0.25, -0.2) is 0 Å². The predicted octanol–water partition coefficient (Wildman–Crippen LogP) is 1.72. The molecular formula is C11H24N2. The van der Waals surface area contributed by atoms with Crippen molar-refractivity contribution in [1.82, 2.24) is 10.2 Å². The van der Waals surface area contributed by atoms with Gasteiger partial charge in [0.15, 0.2) is 0 Å². The second kappa shape index (κ2) is 6.39. The highest BCUT2D eigenvalue weighted by atomic mass is 15.1. The van der Waals surface area contributed by atoms with Crippen LogP contribution < -0.4 is 5.32 Å². The molecule has 0 aromatic heterocycles. The molecule has 1 N–H and O–H groups in total. The molecule has 1 saturated heterocycles. The predicted molar refractivity (Wildman–Crippen MR) is 58.0 cm³/mol. The Kier molecular flexibility index (Phi) is 5.40. The lowest BCUT2D eigenvalue weighted by Gasteiger charge is -2.30. The number of hydrogen-bond donors (Lipinski definition) is 1. The van der Waals surface area contributed by atoms with E-state index in [2.05, 4.69) is 24.2 Å². The van der Waals surface area contributed by atoms with E-state index < -0.39 is 0 Å². The number of likely N-dealkylation sites (tertiary alicyclic amines) is 1. The molecule has 2 nitrogen and oxygen atoms in total. The van der Waals surface area contributed by atoms with Crippen LogP contribution in [0.3, 0.4) is 0 Å². The van der Waals surface area contributed by atoms with Crippen molar-refractivity contribution in [3.63, 3.8) is 0 Å². The van der Waals surface area contributed by atoms with Gasteiger partial charge in [-0.3, -0.25) is 0 Å². The fourth-order valence-electron chi connectivity index (χ4n) is 2.13. The lowest BCUT2D eigenvalue weighted by molar-refractivity contribution is 0.192. The highest BCUT2D eigenvalue weighted by Gasteiger charge is 2.14. The van der Waals surface area contributed by atoms with Gasteiger partial charge in [0.05, 0.1) is 0 Å². The van der Waals surface area contributed by atoms with E-state index in [1.165, 1.54) is 51.9 Å². The molecule has 0 amide bonds. The summed E-state index contributed by atoms with van der Waals surface area (Å²) in [4.78, 5) is 2.63. The van der Waals surface area contributed by atoms with Crippen LogP contribution in [0.15, 0.2) is 0 Å². The average molecular weight is 184 g/mol. The van der Waals surface area contributed by atoms with Gasteiger partial charge in [0.1, 0.15) is 0 Å². The van der Waals surface area contributed by atoms with E-state index in [-0.39, 0.29) is 0 Å². The number of nitrogens with one attached hydrogen (secondary N) is 1. The van der Waals surface area contributed by atoms with Crippen molar-refractivity contribution in [2.75, 3.05) is 33.2 Å². The molecule has 1 unspecified atom stereocenters. The minimum atomic E-state index is 0.850. The van der Waals surface area contributed by atoms with Gasteiger partial charge in [0.25, 0.3) is 0 Å². The van der Waals surface area contributed by atoms with Gasteiger partial charge < -0.3 is 10.2 Å². The number of rotatable bonds is 5. The molecule has 0 aliphatic carbocycles. The Morgan fingerprint density at radius 1 is 1.23 bits per heavy atom. The Bertz CT molecular complexity index is 117. The summed E-state index contributed by atoms with van der Waals surface area (Å²) in [6.07, 6.45) is 5.57. The van der Waals surface area contributed by atoms with Crippen molar-refractivity contribution in [2.24, 2.45) is 5.92 Å². The minimum absolute atomic E-state index is 0.850. The summed E-state index contributed by atoms with van der Waals surface area (Å²) in [5.41, 5.74) is 0. The summed E-state index contributed by atoms with van der Waals surface area (Å²) in [6.45, 7) is 7.44. The molecular weight excluding hydrogens is 160 g/mol. The number of piperidine rings is 1. The van der Waals surface area contributed by atoms with Crippen LogP contribution in [0, 0.1) is 5.92 Å². The molecule has 0 spiro atoms. The van der Waals surface area contributed by atoms with Crippen molar-refractivity contribution in [1.29, 1.82) is 0 Å². The van der Waals surface area contributed by atoms with Crippen molar-refractivity contribution in [3.05, 3.63) is 0 Å². The van der Waals surface area contributed by atoms with Crippen LogP contribution in [0.25, 0.3) is 0 Å². The smallest absolute Gasteiger partial charge is 0.00217 e. The maximum absolute atomic E-state index is 3.28. The summed E-state index contributed by atoms with van der Waals surface area (Å²) in [5.74, 6) is 0.850. The summed E-state index contributed by atoms with van der Waals surface area (Å²) in [5, 5.41) is 3.28. The molecule has 0 radical (unpaired) electrons. The van der Waals surface area contributed by atoms with E-state index in [0.29, 0.717) is 0 Å². The molecule has 0 bridgehead atoms. The highest BCUT2D eigenvalue weighted by Crippen LogP contribution is 2.12. The number of hydrogen-bond acceptors (Lipinski definition) is 2. The summed E-state index contributed by atoms with van der Waals surface area (Å²) in [6, 6.07) is 0. The third kappa shape index (κ3) is 4.10. The third-order valence-corrected chi connectivity index (χ3v) is 3.04. The molecule has 78 valence electrons.